The number of benzene rings is 1. The normalized spacial score (nSPS) is 11.2. The van der Waals surface area contributed by atoms with E-state index in [1.54, 1.807) is 6.07 Å². The molecule has 0 aliphatic heterocycles. The van der Waals surface area contributed by atoms with E-state index in [1.165, 1.54) is 18.2 Å². The minimum atomic E-state index is -4.34. The average Bonchev–Trinajstić information content (AvgIpc) is 2.28. The Bertz CT molecular complexity index is 677. The second kappa shape index (κ2) is 4.84. The second-order valence-electron chi connectivity index (χ2n) is 3.12. The fraction of sp³-hybridized carbons (Fsp3) is 0. The van der Waals surface area contributed by atoms with Gasteiger partial charge in [-0.05, 0) is 23.7 Å². The molecule has 9 heteroatoms. The number of aromatic nitrogens is 3. The second-order valence-corrected chi connectivity index (χ2v) is 4.85. The Hall–Kier alpha value is -1.77. The molecule has 0 atom stereocenters. The lowest BCUT2D eigenvalue weighted by molar-refractivity contribution is 0.483. The van der Waals surface area contributed by atoms with Crippen molar-refractivity contribution in [3.05, 3.63) is 35.9 Å². The summed E-state index contributed by atoms with van der Waals surface area (Å²) >= 11 is 5.54. The van der Waals surface area contributed by atoms with Crippen LogP contribution in [0.25, 0.3) is 0 Å². The van der Waals surface area contributed by atoms with Crippen molar-refractivity contribution < 1.29 is 13.0 Å². The number of hydrogen-bond donors (Lipinski definition) is 2. The first-order valence-electron chi connectivity index (χ1n) is 4.58. The third-order valence-corrected chi connectivity index (χ3v) is 2.99. The van der Waals surface area contributed by atoms with Gasteiger partial charge in [0, 0.05) is 0 Å². The minimum Gasteiger partial charge on any atom is -0.323 e. The Kier molecular flexibility index (Phi) is 3.41. The van der Waals surface area contributed by atoms with Crippen LogP contribution in [0, 0.1) is 6.33 Å². The standard InChI is InChI=1S/C9H6ClN4O3S/c10-8-11-5-12-9(14-8)13-6-3-1-2-4-7(6)18(15,16)17/h1-4H,(H,15,16,17)(H,11,12,13,14). The molecule has 2 aromatic rings. The van der Waals surface area contributed by atoms with E-state index in [9.17, 15) is 8.42 Å². The molecule has 0 bridgehead atoms. The highest BCUT2D eigenvalue weighted by molar-refractivity contribution is 7.86. The summed E-state index contributed by atoms with van der Waals surface area (Å²) in [6, 6.07) is 5.75. The van der Waals surface area contributed by atoms with Gasteiger partial charge in [-0.1, -0.05) is 12.1 Å². The summed E-state index contributed by atoms with van der Waals surface area (Å²) in [7, 11) is -4.34. The van der Waals surface area contributed by atoms with Crippen molar-refractivity contribution in [3.63, 3.8) is 0 Å². The largest absolute Gasteiger partial charge is 0.323 e. The van der Waals surface area contributed by atoms with Crippen LogP contribution in [0.2, 0.25) is 5.28 Å². The fourth-order valence-corrected chi connectivity index (χ4v) is 1.99. The van der Waals surface area contributed by atoms with Crippen LogP contribution >= 0.6 is 11.6 Å². The summed E-state index contributed by atoms with van der Waals surface area (Å²) in [5, 5.41) is 2.52. The van der Waals surface area contributed by atoms with Crippen molar-refractivity contribution >= 4 is 33.4 Å². The van der Waals surface area contributed by atoms with E-state index in [0.29, 0.717) is 0 Å². The summed E-state index contributed by atoms with van der Waals surface area (Å²) in [5.41, 5.74) is 0.121. The zero-order valence-electron chi connectivity index (χ0n) is 8.70. The van der Waals surface area contributed by atoms with Gasteiger partial charge < -0.3 is 5.32 Å². The van der Waals surface area contributed by atoms with Gasteiger partial charge in [0.1, 0.15) is 4.90 Å². The Balaban J connectivity index is 2.41. The molecule has 7 nitrogen and oxygen atoms in total. The molecule has 0 spiro atoms. The van der Waals surface area contributed by atoms with Gasteiger partial charge in [-0.3, -0.25) is 4.55 Å². The fourth-order valence-electron chi connectivity index (χ4n) is 1.22. The van der Waals surface area contributed by atoms with E-state index in [0.717, 1.165) is 0 Å². The number of rotatable bonds is 3. The zero-order valence-corrected chi connectivity index (χ0v) is 10.3. The summed E-state index contributed by atoms with van der Waals surface area (Å²) < 4.78 is 31.3. The van der Waals surface area contributed by atoms with Gasteiger partial charge in [0.2, 0.25) is 17.6 Å². The smallest absolute Gasteiger partial charge is 0.296 e. The SMILES string of the molecule is O=S(=O)(O)c1ccccc1Nc1n[c]nc(Cl)n1. The van der Waals surface area contributed by atoms with Crippen molar-refractivity contribution in [1.29, 1.82) is 0 Å². The lowest BCUT2D eigenvalue weighted by Gasteiger charge is -2.07. The Labute approximate surface area is 108 Å². The van der Waals surface area contributed by atoms with Gasteiger partial charge in [0.15, 0.2) is 0 Å². The van der Waals surface area contributed by atoms with Crippen LogP contribution in [-0.4, -0.2) is 27.9 Å². The predicted molar refractivity (Wildman–Crippen MR) is 63.2 cm³/mol. The Morgan fingerprint density at radius 2 is 2.00 bits per heavy atom. The van der Waals surface area contributed by atoms with Crippen LogP contribution in [-0.2, 0) is 10.1 Å². The lowest BCUT2D eigenvalue weighted by atomic mass is 10.3. The molecule has 1 radical (unpaired) electrons. The first kappa shape index (κ1) is 12.7. The third kappa shape index (κ3) is 2.92. The molecule has 0 saturated carbocycles. The molecular weight excluding hydrogens is 280 g/mol. The lowest BCUT2D eigenvalue weighted by Crippen LogP contribution is -2.05. The molecular formula is C9H6ClN4O3S. The number of para-hydroxylation sites is 1. The van der Waals surface area contributed by atoms with Gasteiger partial charge in [-0.25, -0.2) is 0 Å². The zero-order chi connectivity index (χ0) is 13.2. The van der Waals surface area contributed by atoms with Gasteiger partial charge in [-0.2, -0.15) is 23.4 Å². The van der Waals surface area contributed by atoms with Crippen molar-refractivity contribution in [2.24, 2.45) is 0 Å². The molecule has 18 heavy (non-hydrogen) atoms. The van der Waals surface area contributed by atoms with E-state index < -0.39 is 10.1 Å². The van der Waals surface area contributed by atoms with Crippen LogP contribution in [0.1, 0.15) is 0 Å². The maximum absolute atomic E-state index is 11.1. The number of anilines is 2. The van der Waals surface area contributed by atoms with Crippen LogP contribution in [0.4, 0.5) is 11.6 Å². The number of hydrogen-bond acceptors (Lipinski definition) is 6. The maximum Gasteiger partial charge on any atom is 0.296 e. The molecule has 1 heterocycles. The molecule has 2 rings (SSSR count). The van der Waals surface area contributed by atoms with Crippen LogP contribution in [0.15, 0.2) is 29.2 Å². The molecule has 0 unspecified atom stereocenters. The first-order valence-corrected chi connectivity index (χ1v) is 6.40. The highest BCUT2D eigenvalue weighted by atomic mass is 35.5. The number of nitrogens with zero attached hydrogens (tertiary/aromatic N) is 3. The quantitative estimate of drug-likeness (QED) is 0.819. The third-order valence-electron chi connectivity index (χ3n) is 1.91. The Morgan fingerprint density at radius 1 is 1.28 bits per heavy atom. The minimum absolute atomic E-state index is 0.0195. The van der Waals surface area contributed by atoms with E-state index in [4.69, 9.17) is 16.2 Å². The molecule has 0 fully saturated rings. The van der Waals surface area contributed by atoms with E-state index in [1.807, 2.05) is 0 Å². The molecule has 0 saturated heterocycles. The van der Waals surface area contributed by atoms with Crippen molar-refractivity contribution in [2.45, 2.75) is 4.90 Å². The van der Waals surface area contributed by atoms with Gasteiger partial charge in [-0.15, -0.1) is 0 Å². The van der Waals surface area contributed by atoms with Gasteiger partial charge in [0.05, 0.1) is 5.69 Å². The molecule has 0 aliphatic rings. The van der Waals surface area contributed by atoms with Gasteiger partial charge in [0.25, 0.3) is 10.1 Å². The molecule has 2 N–H and O–H groups in total. The molecule has 0 amide bonds. The molecule has 93 valence electrons. The predicted octanol–water partition coefficient (Wildman–Crippen LogP) is 1.32. The summed E-state index contributed by atoms with van der Waals surface area (Å²) in [6.07, 6.45) is 2.24. The molecule has 0 aliphatic carbocycles. The molecule has 1 aromatic carbocycles. The number of nitrogens with one attached hydrogen (secondary N) is 1. The summed E-state index contributed by atoms with van der Waals surface area (Å²) in [5.74, 6) is 0.0195. The van der Waals surface area contributed by atoms with Crippen molar-refractivity contribution in [2.75, 3.05) is 5.32 Å². The first-order chi connectivity index (χ1) is 8.47. The highest BCUT2D eigenvalue weighted by Crippen LogP contribution is 2.22. The monoisotopic (exact) mass is 285 g/mol. The van der Waals surface area contributed by atoms with Gasteiger partial charge >= 0.3 is 0 Å². The Morgan fingerprint density at radius 3 is 2.67 bits per heavy atom. The summed E-state index contributed by atoms with van der Waals surface area (Å²) in [4.78, 5) is 10.5. The van der Waals surface area contributed by atoms with Crippen LogP contribution < -0.4 is 5.32 Å². The number of halogens is 1. The van der Waals surface area contributed by atoms with Crippen LogP contribution in [0.5, 0.6) is 0 Å². The topological polar surface area (TPSA) is 105 Å². The highest BCUT2D eigenvalue weighted by Gasteiger charge is 2.15. The van der Waals surface area contributed by atoms with Crippen molar-refractivity contribution in [3.8, 4) is 0 Å². The van der Waals surface area contributed by atoms with Crippen LogP contribution in [0.3, 0.4) is 0 Å². The van der Waals surface area contributed by atoms with E-state index in [2.05, 4.69) is 26.6 Å². The van der Waals surface area contributed by atoms with E-state index in [-0.39, 0.29) is 21.8 Å². The average molecular weight is 286 g/mol. The van der Waals surface area contributed by atoms with E-state index >= 15 is 0 Å². The maximum atomic E-state index is 11.1. The molecule has 1 aromatic heterocycles. The summed E-state index contributed by atoms with van der Waals surface area (Å²) in [6.45, 7) is 0. The van der Waals surface area contributed by atoms with Crippen molar-refractivity contribution in [1.82, 2.24) is 15.0 Å².